The molecule has 1 rings (SSSR count). The number of alkyl halides is 1. The maximum Gasteiger partial charge on any atom is 0.299 e. The molecule has 0 aliphatic rings. The highest BCUT2D eigenvalue weighted by molar-refractivity contribution is 9.10. The molecule has 1 unspecified atom stereocenters. The van der Waals surface area contributed by atoms with Crippen molar-refractivity contribution in [2.24, 2.45) is 5.73 Å². The largest absolute Gasteiger partial charge is 0.369 e. The van der Waals surface area contributed by atoms with Gasteiger partial charge in [-0.05, 0) is 6.07 Å². The molecule has 0 aliphatic heterocycles. The Bertz CT molecular complexity index is 860. The first-order chi connectivity index (χ1) is 12.5. The molecule has 0 radical (unpaired) electrons. The lowest BCUT2D eigenvalue weighted by Gasteiger charge is -2.25. The van der Waals surface area contributed by atoms with Gasteiger partial charge in [0, 0.05) is 19.2 Å². The molecule has 1 aromatic rings. The molecule has 1 atom stereocenters. The predicted octanol–water partition coefficient (Wildman–Crippen LogP) is 1.05. The second-order valence-corrected chi connectivity index (χ2v) is 7.64. The molecule has 0 aliphatic carbocycles. The normalized spacial score (nSPS) is 12.2. The summed E-state index contributed by atoms with van der Waals surface area (Å²) in [5, 5.41) is 22.7. The molecule has 0 bridgehead atoms. The van der Waals surface area contributed by atoms with Crippen LogP contribution in [0.2, 0.25) is 0 Å². The van der Waals surface area contributed by atoms with Gasteiger partial charge in [-0.2, -0.15) is 8.42 Å². The zero-order valence-corrected chi connectivity index (χ0v) is 16.1. The summed E-state index contributed by atoms with van der Waals surface area (Å²) in [7, 11) is -3.98. The Labute approximate surface area is 162 Å². The Morgan fingerprint density at radius 3 is 2.48 bits per heavy atom. The van der Waals surface area contributed by atoms with E-state index in [2.05, 4.69) is 26.7 Å². The lowest BCUT2D eigenvalue weighted by molar-refractivity contribution is -0.393. The van der Waals surface area contributed by atoms with Crippen LogP contribution in [0.25, 0.3) is 0 Å². The highest BCUT2D eigenvalue weighted by Gasteiger charge is 2.26. The van der Waals surface area contributed by atoms with E-state index in [0.717, 1.165) is 18.2 Å². The zero-order valence-electron chi connectivity index (χ0n) is 13.7. The third-order valence-electron chi connectivity index (χ3n) is 3.21. The van der Waals surface area contributed by atoms with E-state index < -0.39 is 48.7 Å². The summed E-state index contributed by atoms with van der Waals surface area (Å²) in [4.78, 5) is 32.2. The number of benzene rings is 1. The molecule has 14 heteroatoms. The summed E-state index contributed by atoms with van der Waals surface area (Å²) < 4.78 is 27.3. The van der Waals surface area contributed by atoms with Gasteiger partial charge in [0.25, 0.3) is 21.5 Å². The maximum absolute atomic E-state index is 11.3. The number of nitrogens with zero attached hydrogens (tertiary/aromatic N) is 3. The van der Waals surface area contributed by atoms with Crippen molar-refractivity contribution in [2.75, 3.05) is 24.6 Å². The molecule has 148 valence electrons. The Kier molecular flexibility index (Phi) is 7.81. The van der Waals surface area contributed by atoms with E-state index in [1.54, 1.807) is 0 Å². The van der Waals surface area contributed by atoms with E-state index in [9.17, 15) is 33.4 Å². The fourth-order valence-corrected chi connectivity index (χ4v) is 2.70. The third kappa shape index (κ3) is 6.58. The van der Waals surface area contributed by atoms with E-state index in [1.807, 2.05) is 0 Å². The minimum atomic E-state index is -3.98. The summed E-state index contributed by atoms with van der Waals surface area (Å²) in [5.74, 6) is -0.760. The molecule has 1 amide bonds. The van der Waals surface area contributed by atoms with Crippen LogP contribution >= 0.6 is 15.9 Å². The highest BCUT2D eigenvalue weighted by atomic mass is 79.9. The minimum absolute atomic E-state index is 0.0732. The number of amides is 1. The number of primary amides is 1. The van der Waals surface area contributed by atoms with E-state index >= 15 is 0 Å². The number of nitrogens with two attached hydrogens (primary N) is 1. The van der Waals surface area contributed by atoms with Crippen LogP contribution in [0.4, 0.5) is 17.1 Å². The molecule has 0 heterocycles. The average Bonchev–Trinajstić information content (AvgIpc) is 2.59. The Hall–Kier alpha value is -2.58. The number of hydrogen-bond donors (Lipinski definition) is 1. The van der Waals surface area contributed by atoms with E-state index in [0.29, 0.717) is 5.41 Å². The summed E-state index contributed by atoms with van der Waals surface area (Å²) in [6.07, 6.45) is 0. The van der Waals surface area contributed by atoms with Gasteiger partial charge in [0.1, 0.15) is 10.5 Å². The average molecular weight is 467 g/mol. The van der Waals surface area contributed by atoms with Crippen LogP contribution in [0.15, 0.2) is 30.2 Å². The molecule has 0 saturated carbocycles. The number of non-ortho nitro benzene ring substituents is 1. The molecule has 2 N–H and O–H groups in total. The van der Waals surface area contributed by atoms with Crippen molar-refractivity contribution in [1.82, 2.24) is 0 Å². The second kappa shape index (κ2) is 9.38. The first-order valence-corrected chi connectivity index (χ1v) is 9.50. The first-order valence-electron chi connectivity index (χ1n) is 7.11. The van der Waals surface area contributed by atoms with E-state index in [-0.39, 0.29) is 18.8 Å². The number of carbonyl (C=O) groups is 1. The molecular formula is C13H15BrN4O8S. The van der Waals surface area contributed by atoms with Gasteiger partial charge in [0.05, 0.1) is 27.9 Å². The number of rotatable bonds is 11. The van der Waals surface area contributed by atoms with Crippen LogP contribution in [0, 0.1) is 20.2 Å². The van der Waals surface area contributed by atoms with Crippen molar-refractivity contribution in [3.05, 3.63) is 50.4 Å². The molecule has 0 fully saturated rings. The van der Waals surface area contributed by atoms with Crippen molar-refractivity contribution >= 4 is 49.0 Å². The number of nitro benzene ring substituents is 2. The molecular weight excluding hydrogens is 452 g/mol. The lowest BCUT2D eigenvalue weighted by Crippen LogP contribution is -2.39. The molecule has 0 aromatic heterocycles. The highest BCUT2D eigenvalue weighted by Crippen LogP contribution is 2.32. The smallest absolute Gasteiger partial charge is 0.299 e. The fourth-order valence-electron chi connectivity index (χ4n) is 1.94. The standard InChI is InChI=1S/C13H15BrN4O8S/c1-2-27(24,25)26-6-5-16(8-10(14)13(15)19)11-4-3-9(17(20)21)7-12(11)18(22)23/h2-4,7,10H,1,5-6,8H2,(H2,15,19). The number of carbonyl (C=O) groups excluding carboxylic acids is 1. The van der Waals surface area contributed by atoms with Gasteiger partial charge in [-0.1, -0.05) is 22.5 Å². The van der Waals surface area contributed by atoms with Crippen molar-refractivity contribution in [3.8, 4) is 0 Å². The van der Waals surface area contributed by atoms with Crippen LogP contribution < -0.4 is 10.6 Å². The van der Waals surface area contributed by atoms with Crippen molar-refractivity contribution in [2.45, 2.75) is 4.83 Å². The fraction of sp³-hybridized carbons (Fsp3) is 0.308. The van der Waals surface area contributed by atoms with Gasteiger partial charge in [-0.15, -0.1) is 0 Å². The topological polar surface area (TPSA) is 176 Å². The minimum Gasteiger partial charge on any atom is -0.369 e. The van der Waals surface area contributed by atoms with Crippen LogP contribution in [-0.4, -0.2) is 48.7 Å². The van der Waals surface area contributed by atoms with Gasteiger partial charge in [0.15, 0.2) is 0 Å². The monoisotopic (exact) mass is 466 g/mol. The van der Waals surface area contributed by atoms with Gasteiger partial charge >= 0.3 is 0 Å². The van der Waals surface area contributed by atoms with E-state index in [1.165, 1.54) is 4.90 Å². The number of anilines is 1. The lowest BCUT2D eigenvalue weighted by atomic mass is 10.2. The molecule has 12 nitrogen and oxygen atoms in total. The van der Waals surface area contributed by atoms with E-state index in [4.69, 9.17) is 5.73 Å². The predicted molar refractivity (Wildman–Crippen MR) is 98.9 cm³/mol. The van der Waals surface area contributed by atoms with Crippen molar-refractivity contribution in [3.63, 3.8) is 0 Å². The first kappa shape index (κ1) is 22.5. The summed E-state index contributed by atoms with van der Waals surface area (Å²) in [6.45, 7) is 2.29. The Balaban J connectivity index is 3.24. The molecule has 27 heavy (non-hydrogen) atoms. The number of halogens is 1. The van der Waals surface area contributed by atoms with Crippen molar-refractivity contribution in [1.29, 1.82) is 0 Å². The van der Waals surface area contributed by atoms with Crippen molar-refractivity contribution < 1.29 is 27.2 Å². The summed E-state index contributed by atoms with van der Waals surface area (Å²) in [5.41, 5.74) is 4.00. The number of hydrogen-bond acceptors (Lipinski definition) is 9. The SMILES string of the molecule is C=CS(=O)(=O)OCCN(CC(Br)C(N)=O)c1ccc([N+](=O)[O-])cc1[N+](=O)[O-]. The van der Waals surface area contributed by atoms with Crippen LogP contribution in [0.3, 0.4) is 0 Å². The molecule has 0 saturated heterocycles. The number of nitro groups is 2. The van der Waals surface area contributed by atoms with Gasteiger partial charge in [-0.25, -0.2) is 0 Å². The van der Waals surface area contributed by atoms with Gasteiger partial charge < -0.3 is 10.6 Å². The van der Waals surface area contributed by atoms with Gasteiger partial charge in [-0.3, -0.25) is 29.2 Å². The quantitative estimate of drug-likeness (QED) is 0.216. The Morgan fingerprint density at radius 1 is 1.37 bits per heavy atom. The zero-order chi connectivity index (χ0) is 20.8. The Morgan fingerprint density at radius 2 is 2.00 bits per heavy atom. The second-order valence-electron chi connectivity index (χ2n) is 4.98. The summed E-state index contributed by atoms with van der Waals surface area (Å²) >= 11 is 3.01. The molecule has 1 aromatic carbocycles. The van der Waals surface area contributed by atoms with Gasteiger partial charge in [0.2, 0.25) is 5.91 Å². The third-order valence-corrected chi connectivity index (χ3v) is 4.85. The van der Waals surface area contributed by atoms with Crippen LogP contribution in [0.5, 0.6) is 0 Å². The van der Waals surface area contributed by atoms with Crippen LogP contribution in [-0.2, 0) is 19.1 Å². The maximum atomic E-state index is 11.3. The van der Waals surface area contributed by atoms with Crippen LogP contribution in [0.1, 0.15) is 0 Å². The summed E-state index contributed by atoms with van der Waals surface area (Å²) in [6, 6.07) is 2.93. The molecule has 0 spiro atoms.